The second kappa shape index (κ2) is 12.2. The fraction of sp³-hybridized carbons (Fsp3) is 0.357. The summed E-state index contributed by atoms with van der Waals surface area (Å²) in [6.45, 7) is 6.69. The minimum Gasteiger partial charge on any atom is -0.328 e. The van der Waals surface area contributed by atoms with Gasteiger partial charge in [-0.05, 0) is 33.2 Å². The molecule has 1 amide bonds. The molecule has 208 valence electrons. The minimum absolute atomic E-state index is 0.0910. The van der Waals surface area contributed by atoms with Crippen LogP contribution >= 0.6 is 0 Å². The Labute approximate surface area is 231 Å². The molecule has 1 aliphatic heterocycles. The van der Waals surface area contributed by atoms with Crippen molar-refractivity contribution in [2.24, 2.45) is 4.99 Å². The molecule has 3 aromatic heterocycles. The maximum Gasteiger partial charge on any atom is 0.245 e. The normalized spacial score (nSPS) is 17.8. The van der Waals surface area contributed by atoms with Gasteiger partial charge >= 0.3 is 0 Å². The molecule has 0 aromatic carbocycles. The number of nitrogens with zero attached hydrogens (tertiary/aromatic N) is 8. The number of alkyl halides is 1. The Morgan fingerprint density at radius 1 is 1.20 bits per heavy atom. The van der Waals surface area contributed by atoms with Crippen LogP contribution in [-0.4, -0.2) is 90.6 Å². The van der Waals surface area contributed by atoms with Crippen molar-refractivity contribution in [3.05, 3.63) is 61.1 Å². The molecule has 0 aliphatic carbocycles. The van der Waals surface area contributed by atoms with Gasteiger partial charge in [0.2, 0.25) is 11.7 Å². The van der Waals surface area contributed by atoms with Crippen LogP contribution in [0.15, 0.2) is 54.6 Å². The van der Waals surface area contributed by atoms with E-state index >= 15 is 0 Å². The van der Waals surface area contributed by atoms with Gasteiger partial charge in [-0.15, -0.1) is 0 Å². The molecule has 3 aromatic rings. The van der Waals surface area contributed by atoms with E-state index in [1.165, 1.54) is 35.0 Å². The van der Waals surface area contributed by atoms with E-state index in [1.807, 2.05) is 19.0 Å². The van der Waals surface area contributed by atoms with Gasteiger partial charge in [0.1, 0.15) is 29.9 Å². The summed E-state index contributed by atoms with van der Waals surface area (Å²) < 4.78 is 15.8. The second-order valence-electron chi connectivity index (χ2n) is 9.73. The van der Waals surface area contributed by atoms with Gasteiger partial charge in [0.05, 0.1) is 36.5 Å². The Balaban J connectivity index is 1.63. The van der Waals surface area contributed by atoms with Gasteiger partial charge in [-0.2, -0.15) is 5.10 Å². The van der Waals surface area contributed by atoms with Crippen LogP contribution in [0.25, 0.3) is 22.2 Å². The molecular formula is C28H31FN8O3. The lowest BCUT2D eigenvalue weighted by molar-refractivity contribution is -0.136. The van der Waals surface area contributed by atoms with Gasteiger partial charge in [0.25, 0.3) is 0 Å². The third-order valence-electron chi connectivity index (χ3n) is 6.39. The first-order valence-electron chi connectivity index (χ1n) is 12.8. The van der Waals surface area contributed by atoms with Gasteiger partial charge in [0, 0.05) is 42.9 Å². The van der Waals surface area contributed by atoms with Crippen LogP contribution in [0.3, 0.4) is 0 Å². The molecule has 1 saturated heterocycles. The van der Waals surface area contributed by atoms with Crippen molar-refractivity contribution < 1.29 is 18.8 Å². The lowest BCUT2D eigenvalue weighted by atomic mass is 10.0. The molecule has 2 atom stereocenters. The number of pyridine rings is 1. The van der Waals surface area contributed by atoms with Crippen molar-refractivity contribution in [3.8, 4) is 11.3 Å². The largest absolute Gasteiger partial charge is 0.328 e. The highest BCUT2D eigenvalue weighted by atomic mass is 19.1. The number of rotatable bonds is 10. The highest BCUT2D eigenvalue weighted by Gasteiger charge is 2.41. The molecule has 40 heavy (non-hydrogen) atoms. The van der Waals surface area contributed by atoms with E-state index in [0.717, 1.165) is 0 Å². The SMILES string of the molecule is C=C/N=C(\C=C/C)C(=O)[C@@H]1C[C@@H](F)CN1C(=O)Cn1nc(C(C)=O)c2cc(-c3cnc(CN(C)C)nc3)ncc21. The number of fused-ring (bicyclic) bond motifs is 1. The Morgan fingerprint density at radius 2 is 1.93 bits per heavy atom. The van der Waals surface area contributed by atoms with Crippen molar-refractivity contribution in [2.75, 3.05) is 20.6 Å². The Hall–Kier alpha value is -4.45. The average Bonchev–Trinajstić information content (AvgIpc) is 3.48. The summed E-state index contributed by atoms with van der Waals surface area (Å²) in [5, 5.41) is 4.89. The first-order valence-corrected chi connectivity index (χ1v) is 12.8. The number of aromatic nitrogens is 5. The van der Waals surface area contributed by atoms with Gasteiger partial charge in [-0.25, -0.2) is 14.4 Å². The molecule has 0 saturated carbocycles. The number of hydrogen-bond acceptors (Lipinski definition) is 9. The fourth-order valence-electron chi connectivity index (χ4n) is 4.61. The molecule has 0 bridgehead atoms. The van der Waals surface area contributed by atoms with E-state index < -0.39 is 23.9 Å². The van der Waals surface area contributed by atoms with Crippen molar-refractivity contribution in [3.63, 3.8) is 0 Å². The molecule has 11 nitrogen and oxygen atoms in total. The molecule has 1 fully saturated rings. The predicted octanol–water partition coefficient (Wildman–Crippen LogP) is 2.82. The summed E-state index contributed by atoms with van der Waals surface area (Å²) in [6.07, 6.45) is 7.74. The van der Waals surface area contributed by atoms with E-state index in [-0.39, 0.29) is 36.7 Å². The first-order chi connectivity index (χ1) is 19.1. The number of ketones is 2. The maximum absolute atomic E-state index is 14.5. The van der Waals surface area contributed by atoms with Crippen LogP contribution in [0.4, 0.5) is 4.39 Å². The maximum atomic E-state index is 14.5. The summed E-state index contributed by atoms with van der Waals surface area (Å²) in [5.41, 5.74) is 1.92. The number of amides is 1. The van der Waals surface area contributed by atoms with Crippen molar-refractivity contribution in [1.82, 2.24) is 34.5 Å². The summed E-state index contributed by atoms with van der Waals surface area (Å²) >= 11 is 0. The molecule has 4 rings (SSSR count). The first kappa shape index (κ1) is 28.6. The lowest BCUT2D eigenvalue weighted by Gasteiger charge is -2.23. The van der Waals surface area contributed by atoms with E-state index in [4.69, 9.17) is 0 Å². The summed E-state index contributed by atoms with van der Waals surface area (Å²) in [5.74, 6) is -0.606. The zero-order valence-corrected chi connectivity index (χ0v) is 22.9. The molecule has 0 spiro atoms. The van der Waals surface area contributed by atoms with Gasteiger partial charge in [0.15, 0.2) is 5.78 Å². The molecule has 4 heterocycles. The summed E-state index contributed by atoms with van der Waals surface area (Å²) in [7, 11) is 3.85. The monoisotopic (exact) mass is 546 g/mol. The number of Topliss-reactive ketones (excluding diaryl/α,β-unsaturated/α-hetero) is 2. The van der Waals surface area contributed by atoms with E-state index in [9.17, 15) is 18.8 Å². The standard InChI is InChI=1S/C28H31FN8O3/c1-6-8-21(30-7-2)28(40)23-9-19(29)14-36(23)26(39)16-37-24-13-31-22(10-20(24)27(34-37)17(3)38)18-11-32-25(33-12-18)15-35(4)5/h6-8,10-13,19,23H,2,9,14-16H2,1,3-5H3/b8-6-,30-21+/t19-,23+/m1/s1. The van der Waals surface area contributed by atoms with E-state index in [2.05, 4.69) is 31.6 Å². The van der Waals surface area contributed by atoms with Crippen molar-refractivity contribution in [2.45, 2.75) is 45.6 Å². The zero-order valence-electron chi connectivity index (χ0n) is 22.9. The molecule has 1 aliphatic rings. The van der Waals surface area contributed by atoms with E-state index in [1.54, 1.807) is 31.5 Å². The number of carbonyl (C=O) groups is 3. The highest BCUT2D eigenvalue weighted by molar-refractivity contribution is 6.46. The van der Waals surface area contributed by atoms with Crippen LogP contribution in [-0.2, 0) is 22.7 Å². The zero-order chi connectivity index (χ0) is 29.0. The van der Waals surface area contributed by atoms with Gasteiger partial charge in [-0.3, -0.25) is 29.0 Å². The van der Waals surface area contributed by atoms with Crippen molar-refractivity contribution in [1.29, 1.82) is 0 Å². The topological polar surface area (TPSA) is 127 Å². The average molecular weight is 547 g/mol. The highest BCUT2D eigenvalue weighted by Crippen LogP contribution is 2.26. The molecule has 0 radical (unpaired) electrons. The molecule has 0 unspecified atom stereocenters. The minimum atomic E-state index is -1.36. The number of hydrogen-bond donors (Lipinski definition) is 0. The second-order valence-corrected chi connectivity index (χ2v) is 9.73. The molecular weight excluding hydrogens is 515 g/mol. The van der Waals surface area contributed by atoms with Crippen LogP contribution in [0.2, 0.25) is 0 Å². The van der Waals surface area contributed by atoms with Gasteiger partial charge in [-0.1, -0.05) is 12.7 Å². The van der Waals surface area contributed by atoms with Crippen molar-refractivity contribution >= 4 is 34.1 Å². The summed E-state index contributed by atoms with van der Waals surface area (Å²) in [4.78, 5) is 59.3. The van der Waals surface area contributed by atoms with E-state index in [0.29, 0.717) is 34.5 Å². The van der Waals surface area contributed by atoms with Crippen LogP contribution in [0.1, 0.15) is 36.6 Å². The Kier molecular flexibility index (Phi) is 8.68. The molecule has 12 heteroatoms. The third kappa shape index (κ3) is 6.07. The van der Waals surface area contributed by atoms with Crippen LogP contribution < -0.4 is 0 Å². The fourth-order valence-corrected chi connectivity index (χ4v) is 4.61. The van der Waals surface area contributed by atoms with Crippen LogP contribution in [0, 0.1) is 0 Å². The number of aliphatic imine (C=N–C) groups is 1. The lowest BCUT2D eigenvalue weighted by Crippen LogP contribution is -2.44. The third-order valence-corrected chi connectivity index (χ3v) is 6.39. The number of carbonyl (C=O) groups excluding carboxylic acids is 3. The number of likely N-dealkylation sites (tertiary alicyclic amines) is 1. The molecule has 0 N–H and O–H groups in total. The summed E-state index contributed by atoms with van der Waals surface area (Å²) in [6, 6.07) is 0.700. The van der Waals surface area contributed by atoms with Gasteiger partial charge < -0.3 is 9.80 Å². The number of allylic oxidation sites excluding steroid dienone is 2. The predicted molar refractivity (Wildman–Crippen MR) is 148 cm³/mol. The Bertz CT molecular complexity index is 1510. The smallest absolute Gasteiger partial charge is 0.245 e. The van der Waals surface area contributed by atoms with Crippen LogP contribution in [0.5, 0.6) is 0 Å². The number of halogens is 1. The quantitative estimate of drug-likeness (QED) is 0.281. The Morgan fingerprint density at radius 3 is 2.55 bits per heavy atom.